The van der Waals surface area contributed by atoms with Gasteiger partial charge in [0.15, 0.2) is 0 Å². The van der Waals surface area contributed by atoms with E-state index in [1.165, 1.54) is 0 Å². The lowest BCUT2D eigenvalue weighted by molar-refractivity contribution is 0.0989. The maximum atomic E-state index is 12.6. The molecule has 3 aromatic rings. The van der Waals surface area contributed by atoms with Crippen molar-refractivity contribution in [2.24, 2.45) is 0 Å². The van der Waals surface area contributed by atoms with Crippen LogP contribution in [0.1, 0.15) is 27.7 Å². The van der Waals surface area contributed by atoms with Gasteiger partial charge in [-0.1, -0.05) is 24.3 Å². The second-order valence-electron chi connectivity index (χ2n) is 5.32. The van der Waals surface area contributed by atoms with Gasteiger partial charge >= 0.3 is 0 Å². The largest absolute Gasteiger partial charge is 0.444 e. The summed E-state index contributed by atoms with van der Waals surface area (Å²) in [5.74, 6) is 1.38. The Bertz CT molecular complexity index is 855. The van der Waals surface area contributed by atoms with E-state index in [4.69, 9.17) is 4.42 Å². The molecule has 0 saturated carbocycles. The Morgan fingerprint density at radius 2 is 1.90 bits per heavy atom. The summed E-state index contributed by atoms with van der Waals surface area (Å²) in [5.41, 5.74) is 2.55. The number of hydrogen-bond donors (Lipinski definition) is 0. The number of aryl methyl sites for hydroxylation is 2. The Hall–Kier alpha value is -2.62. The average Bonchev–Trinajstić information content (AvgIpc) is 2.94. The smallest absolute Gasteiger partial charge is 0.259 e. The van der Waals surface area contributed by atoms with E-state index in [-0.39, 0.29) is 5.91 Å². The summed E-state index contributed by atoms with van der Waals surface area (Å²) in [7, 11) is 0. The van der Waals surface area contributed by atoms with Crippen molar-refractivity contribution >= 4 is 22.4 Å². The number of rotatable bonds is 2. The normalized spacial score (nSPS) is 13.4. The highest BCUT2D eigenvalue weighted by Gasteiger charge is 2.30. The highest BCUT2D eigenvalue weighted by molar-refractivity contribution is 6.24. The average molecular weight is 278 g/mol. The van der Waals surface area contributed by atoms with Gasteiger partial charge in [0.2, 0.25) is 5.89 Å². The molecule has 0 atom stereocenters. The Morgan fingerprint density at radius 3 is 2.62 bits per heavy atom. The van der Waals surface area contributed by atoms with Crippen LogP contribution in [0.2, 0.25) is 0 Å². The van der Waals surface area contributed by atoms with Gasteiger partial charge in [0.05, 0.1) is 11.4 Å². The molecule has 21 heavy (non-hydrogen) atoms. The van der Waals surface area contributed by atoms with Crippen LogP contribution in [0.25, 0.3) is 10.8 Å². The van der Waals surface area contributed by atoms with Crippen molar-refractivity contribution < 1.29 is 9.21 Å². The van der Waals surface area contributed by atoms with E-state index < -0.39 is 0 Å². The highest BCUT2D eigenvalue weighted by Crippen LogP contribution is 2.37. The van der Waals surface area contributed by atoms with Gasteiger partial charge in [-0.05, 0) is 31.4 Å². The number of carbonyl (C=O) groups excluding carboxylic acids is 1. The number of anilines is 1. The summed E-state index contributed by atoms with van der Waals surface area (Å²) in [4.78, 5) is 18.7. The molecule has 1 amide bonds. The standard InChI is InChI=1S/C17H14N2O2/c1-10-11(2)21-15(18-10)9-19-14-8-4-6-12-5-3-7-13(16(12)14)17(19)20/h3-8H,9H2,1-2H3. The van der Waals surface area contributed by atoms with Gasteiger partial charge in [-0.2, -0.15) is 0 Å². The van der Waals surface area contributed by atoms with Crippen molar-refractivity contribution in [3.8, 4) is 0 Å². The molecule has 104 valence electrons. The van der Waals surface area contributed by atoms with Gasteiger partial charge in [-0.25, -0.2) is 4.98 Å². The third-order valence-corrected chi connectivity index (χ3v) is 4.02. The fourth-order valence-corrected chi connectivity index (χ4v) is 2.88. The first-order chi connectivity index (χ1) is 10.1. The van der Waals surface area contributed by atoms with Crippen molar-refractivity contribution in [1.82, 2.24) is 4.98 Å². The predicted molar refractivity (Wildman–Crippen MR) is 80.4 cm³/mol. The lowest BCUT2D eigenvalue weighted by atomic mass is 10.1. The first kappa shape index (κ1) is 12.1. The monoisotopic (exact) mass is 278 g/mol. The second kappa shape index (κ2) is 4.19. The van der Waals surface area contributed by atoms with Crippen LogP contribution < -0.4 is 4.90 Å². The molecule has 0 fully saturated rings. The molecule has 1 aliphatic heterocycles. The molecular weight excluding hydrogens is 264 g/mol. The summed E-state index contributed by atoms with van der Waals surface area (Å²) in [6, 6.07) is 11.8. The van der Waals surface area contributed by atoms with E-state index in [9.17, 15) is 4.79 Å². The molecule has 0 saturated heterocycles. The van der Waals surface area contributed by atoms with Crippen LogP contribution in [-0.2, 0) is 6.54 Å². The summed E-state index contributed by atoms with van der Waals surface area (Å²) in [6.45, 7) is 4.15. The maximum absolute atomic E-state index is 12.6. The van der Waals surface area contributed by atoms with Crippen LogP contribution in [0.15, 0.2) is 40.8 Å². The maximum Gasteiger partial charge on any atom is 0.259 e. The SMILES string of the molecule is Cc1nc(CN2C(=O)c3cccc4cccc2c34)oc1C. The van der Waals surface area contributed by atoms with E-state index in [0.29, 0.717) is 12.4 Å². The van der Waals surface area contributed by atoms with Gasteiger partial charge in [-0.15, -0.1) is 0 Å². The molecule has 0 aliphatic carbocycles. The Labute approximate surface area is 122 Å². The zero-order valence-corrected chi connectivity index (χ0v) is 11.9. The molecule has 4 nitrogen and oxygen atoms in total. The van der Waals surface area contributed by atoms with Gasteiger partial charge < -0.3 is 4.42 Å². The van der Waals surface area contributed by atoms with Crippen LogP contribution >= 0.6 is 0 Å². The molecule has 4 rings (SSSR count). The lowest BCUT2D eigenvalue weighted by Crippen LogP contribution is -2.26. The predicted octanol–water partition coefficient (Wildman–Crippen LogP) is 3.61. The minimum atomic E-state index is 0.00954. The van der Waals surface area contributed by atoms with Crippen molar-refractivity contribution in [3.05, 3.63) is 59.3 Å². The summed E-state index contributed by atoms with van der Waals surface area (Å²) in [6.07, 6.45) is 0. The van der Waals surface area contributed by atoms with Gasteiger partial charge in [-0.3, -0.25) is 9.69 Å². The van der Waals surface area contributed by atoms with Crippen molar-refractivity contribution in [2.75, 3.05) is 4.90 Å². The molecule has 2 heterocycles. The second-order valence-corrected chi connectivity index (χ2v) is 5.32. The van der Waals surface area contributed by atoms with Crippen LogP contribution in [0.4, 0.5) is 5.69 Å². The Balaban J connectivity index is 1.82. The topological polar surface area (TPSA) is 46.3 Å². The zero-order chi connectivity index (χ0) is 14.6. The van der Waals surface area contributed by atoms with E-state index in [1.807, 2.05) is 50.2 Å². The number of aromatic nitrogens is 1. The van der Waals surface area contributed by atoms with E-state index in [2.05, 4.69) is 4.98 Å². The summed E-state index contributed by atoms with van der Waals surface area (Å²) >= 11 is 0. The number of hydrogen-bond acceptors (Lipinski definition) is 3. The third-order valence-electron chi connectivity index (χ3n) is 4.02. The van der Waals surface area contributed by atoms with Crippen molar-refractivity contribution in [1.29, 1.82) is 0 Å². The quantitative estimate of drug-likeness (QED) is 0.719. The Kier molecular flexibility index (Phi) is 2.42. The van der Waals surface area contributed by atoms with Gasteiger partial charge in [0.25, 0.3) is 5.91 Å². The number of carbonyl (C=O) groups is 1. The van der Waals surface area contributed by atoms with Crippen LogP contribution in [0, 0.1) is 13.8 Å². The van der Waals surface area contributed by atoms with E-state index >= 15 is 0 Å². The summed E-state index contributed by atoms with van der Waals surface area (Å²) in [5, 5.41) is 2.10. The molecule has 0 radical (unpaired) electrons. The molecule has 0 spiro atoms. The van der Waals surface area contributed by atoms with E-state index in [1.54, 1.807) is 4.90 Å². The fourth-order valence-electron chi connectivity index (χ4n) is 2.88. The molecule has 2 aromatic carbocycles. The lowest BCUT2D eigenvalue weighted by Gasteiger charge is -2.15. The van der Waals surface area contributed by atoms with Crippen LogP contribution in [0.3, 0.4) is 0 Å². The number of oxazole rings is 1. The first-order valence-electron chi connectivity index (χ1n) is 6.91. The van der Waals surface area contributed by atoms with Crippen molar-refractivity contribution in [2.45, 2.75) is 20.4 Å². The number of nitrogens with zero attached hydrogens (tertiary/aromatic N) is 2. The molecule has 1 aromatic heterocycles. The number of benzene rings is 2. The van der Waals surface area contributed by atoms with Gasteiger partial charge in [0.1, 0.15) is 12.3 Å². The molecule has 0 bridgehead atoms. The molecule has 1 aliphatic rings. The molecule has 0 unspecified atom stereocenters. The molecule has 0 N–H and O–H groups in total. The fraction of sp³-hybridized carbons (Fsp3) is 0.176. The zero-order valence-electron chi connectivity index (χ0n) is 11.9. The molecule has 4 heteroatoms. The first-order valence-corrected chi connectivity index (χ1v) is 6.91. The Morgan fingerprint density at radius 1 is 1.14 bits per heavy atom. The minimum Gasteiger partial charge on any atom is -0.444 e. The molecular formula is C17H14N2O2. The van der Waals surface area contributed by atoms with Crippen LogP contribution in [0.5, 0.6) is 0 Å². The summed E-state index contributed by atoms with van der Waals surface area (Å²) < 4.78 is 5.61. The number of amides is 1. The highest BCUT2D eigenvalue weighted by atomic mass is 16.4. The third kappa shape index (κ3) is 1.69. The minimum absolute atomic E-state index is 0.00954. The van der Waals surface area contributed by atoms with Gasteiger partial charge in [0, 0.05) is 10.9 Å². The van der Waals surface area contributed by atoms with Crippen molar-refractivity contribution in [3.63, 3.8) is 0 Å². The van der Waals surface area contributed by atoms with Crippen LogP contribution in [-0.4, -0.2) is 10.9 Å². The van der Waals surface area contributed by atoms with E-state index in [0.717, 1.165) is 33.5 Å².